The topological polar surface area (TPSA) is 67.4 Å². The smallest absolute Gasteiger partial charge is 0.269 e. The van der Waals surface area contributed by atoms with Gasteiger partial charge in [-0.25, -0.2) is 4.98 Å². The summed E-state index contributed by atoms with van der Waals surface area (Å²) in [5.41, 5.74) is 3.73. The number of rotatable bonds is 4. The number of fused-ring (bicyclic) bond motifs is 1. The van der Waals surface area contributed by atoms with Crippen LogP contribution in [0.3, 0.4) is 0 Å². The van der Waals surface area contributed by atoms with Crippen LogP contribution in [0.25, 0.3) is 0 Å². The van der Waals surface area contributed by atoms with Gasteiger partial charge in [-0.2, -0.15) is 0 Å². The lowest BCUT2D eigenvalue weighted by molar-refractivity contribution is 0.0141. The first kappa shape index (κ1) is 17.6. The van der Waals surface area contributed by atoms with Crippen LogP contribution >= 0.6 is 0 Å². The molecule has 28 heavy (non-hydrogen) atoms. The molecule has 1 spiro atoms. The van der Waals surface area contributed by atoms with Crippen molar-refractivity contribution in [2.24, 2.45) is 11.8 Å². The molecule has 4 atom stereocenters. The third kappa shape index (κ3) is 2.78. The molecule has 2 aromatic heterocycles. The van der Waals surface area contributed by atoms with E-state index in [9.17, 15) is 4.79 Å². The molecule has 3 fully saturated rings. The van der Waals surface area contributed by atoms with Crippen LogP contribution in [0.5, 0.6) is 0 Å². The van der Waals surface area contributed by atoms with Gasteiger partial charge in [0.15, 0.2) is 0 Å². The number of aromatic nitrogens is 2. The fourth-order valence-electron chi connectivity index (χ4n) is 5.44. The van der Waals surface area contributed by atoms with E-state index in [0.717, 1.165) is 31.6 Å². The number of aryl methyl sites for hydroxylation is 2. The molecule has 0 radical (unpaired) electrons. The predicted octanol–water partition coefficient (Wildman–Crippen LogP) is 2.51. The Kier molecular flexibility index (Phi) is 4.12. The molecule has 0 unspecified atom stereocenters. The molecular formula is C22H26N4O2. The van der Waals surface area contributed by atoms with E-state index in [2.05, 4.69) is 33.2 Å². The normalized spacial score (nSPS) is 30.5. The lowest BCUT2D eigenvalue weighted by Gasteiger charge is -2.29. The number of amides is 1. The first-order valence-corrected chi connectivity index (χ1v) is 10.1. The third-order valence-corrected chi connectivity index (χ3v) is 6.73. The van der Waals surface area contributed by atoms with Crippen LogP contribution in [-0.2, 0) is 4.74 Å². The Morgan fingerprint density at radius 2 is 2.25 bits per heavy atom. The maximum absolute atomic E-state index is 12.5. The van der Waals surface area contributed by atoms with Gasteiger partial charge in [0.2, 0.25) is 0 Å². The molecule has 146 valence electrons. The Labute approximate surface area is 165 Å². The molecule has 0 saturated carbocycles. The van der Waals surface area contributed by atoms with Gasteiger partial charge < -0.3 is 15.0 Å². The highest BCUT2D eigenvalue weighted by Crippen LogP contribution is 2.55. The molecule has 0 aliphatic carbocycles. The van der Waals surface area contributed by atoms with E-state index < -0.39 is 0 Å². The summed E-state index contributed by atoms with van der Waals surface area (Å²) in [7, 11) is 0. The number of nitrogens with one attached hydrogen (secondary N) is 1. The Morgan fingerprint density at radius 3 is 3.07 bits per heavy atom. The molecule has 2 aromatic rings. The van der Waals surface area contributed by atoms with Crippen molar-refractivity contribution in [1.29, 1.82) is 0 Å². The van der Waals surface area contributed by atoms with Gasteiger partial charge in [-0.05, 0) is 50.5 Å². The number of nitrogens with zero attached hydrogens (tertiary/aromatic N) is 3. The van der Waals surface area contributed by atoms with Crippen LogP contribution in [0.4, 0.5) is 5.69 Å². The van der Waals surface area contributed by atoms with Gasteiger partial charge in [0.1, 0.15) is 5.69 Å². The zero-order valence-electron chi connectivity index (χ0n) is 16.4. The highest BCUT2D eigenvalue weighted by molar-refractivity contribution is 5.92. The van der Waals surface area contributed by atoms with E-state index in [0.29, 0.717) is 24.1 Å². The van der Waals surface area contributed by atoms with Gasteiger partial charge in [0.25, 0.3) is 5.91 Å². The monoisotopic (exact) mass is 378 g/mol. The summed E-state index contributed by atoms with van der Waals surface area (Å²) in [5, 5.41) is 3.12. The summed E-state index contributed by atoms with van der Waals surface area (Å²) in [6.07, 6.45) is 6.25. The van der Waals surface area contributed by atoms with Crippen LogP contribution < -0.4 is 10.2 Å². The quantitative estimate of drug-likeness (QED) is 0.885. The largest absolute Gasteiger partial charge is 0.369 e. The molecule has 1 N–H and O–H groups in total. The Bertz CT molecular complexity index is 917. The molecule has 2 bridgehead atoms. The summed E-state index contributed by atoms with van der Waals surface area (Å²) in [4.78, 5) is 23.6. The van der Waals surface area contributed by atoms with E-state index >= 15 is 0 Å². The fraction of sp³-hybridized carbons (Fsp3) is 0.500. The summed E-state index contributed by atoms with van der Waals surface area (Å²) >= 11 is 0. The minimum Gasteiger partial charge on any atom is -0.369 e. The van der Waals surface area contributed by atoms with Crippen molar-refractivity contribution < 1.29 is 9.53 Å². The van der Waals surface area contributed by atoms with E-state index in [4.69, 9.17) is 4.74 Å². The van der Waals surface area contributed by atoms with Crippen LogP contribution in [0, 0.1) is 25.7 Å². The number of carbonyl (C=O) groups is 1. The molecule has 0 aromatic carbocycles. The molecule has 6 heteroatoms. The lowest BCUT2D eigenvalue weighted by Crippen LogP contribution is -2.42. The van der Waals surface area contributed by atoms with Crippen molar-refractivity contribution in [3.8, 4) is 0 Å². The van der Waals surface area contributed by atoms with Gasteiger partial charge in [-0.15, -0.1) is 0 Å². The highest BCUT2D eigenvalue weighted by Gasteiger charge is 2.63. The van der Waals surface area contributed by atoms with Crippen LogP contribution in [0.1, 0.15) is 34.6 Å². The molecule has 6 nitrogen and oxygen atoms in total. The van der Waals surface area contributed by atoms with Crippen molar-refractivity contribution >= 4 is 11.6 Å². The standard InChI is InChI=1S/C22H26N4O2/c1-14-10-23-9-7-19(14)26-12-17-16(20-6-8-22(17,13-26)28-20)11-24-21(27)18-5-3-4-15(2)25-18/h3-5,7,9-10,16-17,20H,6,8,11-13H2,1-2H3,(H,24,27)/t16-,17+,20+,22+/m0/s1. The number of hydrogen-bond donors (Lipinski definition) is 1. The van der Waals surface area contributed by atoms with Gasteiger partial charge in [0.05, 0.1) is 11.7 Å². The van der Waals surface area contributed by atoms with Gasteiger partial charge in [0, 0.05) is 55.2 Å². The van der Waals surface area contributed by atoms with Crippen molar-refractivity contribution in [2.75, 3.05) is 24.5 Å². The van der Waals surface area contributed by atoms with Crippen LogP contribution in [0.2, 0.25) is 0 Å². The molecular weight excluding hydrogens is 352 g/mol. The van der Waals surface area contributed by atoms with Crippen LogP contribution in [0.15, 0.2) is 36.7 Å². The number of carbonyl (C=O) groups excluding carboxylic acids is 1. The van der Waals surface area contributed by atoms with E-state index in [-0.39, 0.29) is 17.6 Å². The Hall–Kier alpha value is -2.47. The minimum absolute atomic E-state index is 0.0582. The van der Waals surface area contributed by atoms with Gasteiger partial charge in [-0.1, -0.05) is 6.07 Å². The second-order valence-electron chi connectivity index (χ2n) is 8.45. The van der Waals surface area contributed by atoms with Gasteiger partial charge in [-0.3, -0.25) is 9.78 Å². The molecule has 1 amide bonds. The van der Waals surface area contributed by atoms with E-state index in [1.54, 1.807) is 6.07 Å². The third-order valence-electron chi connectivity index (χ3n) is 6.73. The predicted molar refractivity (Wildman–Crippen MR) is 106 cm³/mol. The molecule has 3 saturated heterocycles. The Morgan fingerprint density at radius 1 is 1.36 bits per heavy atom. The van der Waals surface area contributed by atoms with Crippen molar-refractivity contribution in [3.63, 3.8) is 0 Å². The van der Waals surface area contributed by atoms with E-state index in [1.165, 1.54) is 11.3 Å². The number of anilines is 1. The second kappa shape index (κ2) is 6.55. The zero-order chi connectivity index (χ0) is 19.3. The molecule has 5 rings (SSSR count). The number of ether oxygens (including phenoxy) is 1. The number of hydrogen-bond acceptors (Lipinski definition) is 5. The summed E-state index contributed by atoms with van der Waals surface area (Å²) in [6.45, 7) is 6.57. The maximum atomic E-state index is 12.5. The highest BCUT2D eigenvalue weighted by atomic mass is 16.5. The Balaban J connectivity index is 1.31. The second-order valence-corrected chi connectivity index (χ2v) is 8.45. The zero-order valence-corrected chi connectivity index (χ0v) is 16.4. The lowest BCUT2D eigenvalue weighted by atomic mass is 9.73. The van der Waals surface area contributed by atoms with Crippen LogP contribution in [-0.4, -0.2) is 47.2 Å². The average Bonchev–Trinajstić information content (AvgIpc) is 3.35. The van der Waals surface area contributed by atoms with Crippen molar-refractivity contribution in [1.82, 2.24) is 15.3 Å². The summed E-state index contributed by atoms with van der Waals surface area (Å²) in [5.74, 6) is 0.708. The molecule has 3 aliphatic heterocycles. The molecule has 5 heterocycles. The average molecular weight is 378 g/mol. The summed E-state index contributed by atoms with van der Waals surface area (Å²) in [6, 6.07) is 7.64. The number of pyridine rings is 2. The minimum atomic E-state index is -0.0969. The first-order valence-electron chi connectivity index (χ1n) is 10.1. The molecule has 3 aliphatic rings. The SMILES string of the molecule is Cc1cccc(C(=O)NC[C@H]2[C@H]3CN(c4ccncc4C)C[C@]34CC[C@H]2O4)n1. The fourth-order valence-corrected chi connectivity index (χ4v) is 5.44. The van der Waals surface area contributed by atoms with Crippen molar-refractivity contribution in [3.05, 3.63) is 53.6 Å². The first-order chi connectivity index (χ1) is 13.6. The maximum Gasteiger partial charge on any atom is 0.269 e. The van der Waals surface area contributed by atoms with Crippen molar-refractivity contribution in [2.45, 2.75) is 38.4 Å². The van der Waals surface area contributed by atoms with E-state index in [1.807, 2.05) is 31.5 Å². The summed E-state index contributed by atoms with van der Waals surface area (Å²) < 4.78 is 6.52. The van der Waals surface area contributed by atoms with Gasteiger partial charge >= 0.3 is 0 Å².